The highest BCUT2D eigenvalue weighted by molar-refractivity contribution is 14.0. The molecule has 0 spiro atoms. The second-order valence-corrected chi connectivity index (χ2v) is 6.52. The smallest absolute Gasteiger partial charge is 0.191 e. The summed E-state index contributed by atoms with van der Waals surface area (Å²) in [7, 11) is 3.38. The van der Waals surface area contributed by atoms with E-state index in [-0.39, 0.29) is 24.0 Å². The summed E-state index contributed by atoms with van der Waals surface area (Å²) in [5.41, 5.74) is 1.13. The summed E-state index contributed by atoms with van der Waals surface area (Å²) < 4.78 is 10.8. The lowest BCUT2D eigenvalue weighted by Gasteiger charge is -2.25. The largest absolute Gasteiger partial charge is 0.497 e. The summed E-state index contributed by atoms with van der Waals surface area (Å²) in [6.07, 6.45) is 4.86. The Morgan fingerprint density at radius 1 is 1.11 bits per heavy atom. The molecule has 0 unspecified atom stereocenters. The van der Waals surface area contributed by atoms with Gasteiger partial charge >= 0.3 is 0 Å². The predicted octanol–water partition coefficient (Wildman–Crippen LogP) is 2.91. The minimum absolute atomic E-state index is 0. The molecule has 154 valence electrons. The van der Waals surface area contributed by atoms with Crippen LogP contribution >= 0.6 is 24.0 Å². The van der Waals surface area contributed by atoms with E-state index in [0.29, 0.717) is 0 Å². The van der Waals surface area contributed by atoms with Gasteiger partial charge in [-0.15, -0.1) is 24.0 Å². The third-order valence-electron chi connectivity index (χ3n) is 4.65. The molecule has 0 aromatic heterocycles. The Balaban J connectivity index is 0.00000364. The van der Waals surface area contributed by atoms with E-state index in [9.17, 15) is 0 Å². The first kappa shape index (κ1) is 23.8. The number of hydrogen-bond acceptors (Lipinski definition) is 4. The van der Waals surface area contributed by atoms with Crippen LogP contribution in [-0.2, 0) is 6.42 Å². The molecule has 0 radical (unpaired) electrons. The molecule has 1 heterocycles. The third-order valence-corrected chi connectivity index (χ3v) is 4.65. The molecule has 1 aromatic rings. The molecule has 1 aliphatic heterocycles. The van der Waals surface area contributed by atoms with Crippen LogP contribution in [0.15, 0.2) is 23.2 Å². The maximum Gasteiger partial charge on any atom is 0.191 e. The second-order valence-electron chi connectivity index (χ2n) is 6.52. The van der Waals surface area contributed by atoms with Crippen molar-refractivity contribution in [1.29, 1.82) is 0 Å². The molecular formula is C20H35IN4O2. The molecule has 0 atom stereocenters. The van der Waals surface area contributed by atoms with Crippen molar-refractivity contribution in [2.75, 3.05) is 53.5 Å². The van der Waals surface area contributed by atoms with Crippen molar-refractivity contribution in [3.63, 3.8) is 0 Å². The summed E-state index contributed by atoms with van der Waals surface area (Å²) in [5.74, 6) is 2.62. The van der Waals surface area contributed by atoms with Gasteiger partial charge in [0, 0.05) is 19.6 Å². The number of nitrogens with one attached hydrogen (secondary N) is 2. The van der Waals surface area contributed by atoms with E-state index in [0.717, 1.165) is 55.6 Å². The number of rotatable bonds is 9. The van der Waals surface area contributed by atoms with Gasteiger partial charge in [0.25, 0.3) is 0 Å². The normalized spacial score (nSPS) is 15.0. The van der Waals surface area contributed by atoms with Crippen LogP contribution in [0.3, 0.4) is 0 Å². The summed E-state index contributed by atoms with van der Waals surface area (Å²) >= 11 is 0. The van der Waals surface area contributed by atoms with Crippen LogP contribution in [0.1, 0.15) is 31.7 Å². The fraction of sp³-hybridized carbons (Fsp3) is 0.650. The van der Waals surface area contributed by atoms with Gasteiger partial charge in [0.2, 0.25) is 0 Å². The van der Waals surface area contributed by atoms with E-state index in [4.69, 9.17) is 14.5 Å². The van der Waals surface area contributed by atoms with Crippen molar-refractivity contribution >= 4 is 29.9 Å². The second kappa shape index (κ2) is 13.9. The van der Waals surface area contributed by atoms with Gasteiger partial charge in [0.05, 0.1) is 20.8 Å². The van der Waals surface area contributed by atoms with E-state index in [1.807, 2.05) is 18.2 Å². The highest BCUT2D eigenvalue weighted by Gasteiger charge is 2.09. The van der Waals surface area contributed by atoms with Crippen molar-refractivity contribution in [2.45, 2.75) is 32.6 Å². The fourth-order valence-corrected chi connectivity index (χ4v) is 3.22. The van der Waals surface area contributed by atoms with E-state index >= 15 is 0 Å². The van der Waals surface area contributed by atoms with Crippen LogP contribution in [0, 0.1) is 0 Å². The average molecular weight is 490 g/mol. The zero-order valence-corrected chi connectivity index (χ0v) is 19.3. The number of guanidine groups is 1. The lowest BCUT2D eigenvalue weighted by molar-refractivity contribution is 0.235. The molecule has 1 aromatic carbocycles. The van der Waals surface area contributed by atoms with Crippen LogP contribution in [-0.4, -0.2) is 64.3 Å². The molecule has 1 saturated heterocycles. The van der Waals surface area contributed by atoms with Gasteiger partial charge in [0.15, 0.2) is 5.96 Å². The molecule has 0 amide bonds. The van der Waals surface area contributed by atoms with Gasteiger partial charge in [0.1, 0.15) is 11.5 Å². The highest BCUT2D eigenvalue weighted by atomic mass is 127. The van der Waals surface area contributed by atoms with E-state index in [1.165, 1.54) is 32.4 Å². The first-order chi connectivity index (χ1) is 12.8. The van der Waals surface area contributed by atoms with Gasteiger partial charge in [-0.3, -0.25) is 4.99 Å². The van der Waals surface area contributed by atoms with Crippen LogP contribution < -0.4 is 20.1 Å². The van der Waals surface area contributed by atoms with Crippen molar-refractivity contribution in [3.8, 4) is 11.5 Å². The first-order valence-corrected chi connectivity index (χ1v) is 9.72. The van der Waals surface area contributed by atoms with Crippen LogP contribution in [0.25, 0.3) is 0 Å². The Morgan fingerprint density at radius 2 is 1.89 bits per heavy atom. The lowest BCUT2D eigenvalue weighted by Crippen LogP contribution is -2.39. The zero-order chi connectivity index (χ0) is 18.6. The van der Waals surface area contributed by atoms with Gasteiger partial charge in [-0.1, -0.05) is 6.42 Å². The van der Waals surface area contributed by atoms with E-state index in [2.05, 4.69) is 22.5 Å². The molecule has 1 aliphatic rings. The molecule has 2 rings (SSSR count). The van der Waals surface area contributed by atoms with Crippen LogP contribution in [0.5, 0.6) is 11.5 Å². The molecule has 1 fully saturated rings. The Morgan fingerprint density at radius 3 is 2.56 bits per heavy atom. The number of ether oxygens (including phenoxy) is 2. The molecule has 7 heteroatoms. The van der Waals surface area contributed by atoms with Crippen LogP contribution in [0.4, 0.5) is 0 Å². The molecule has 0 bridgehead atoms. The minimum atomic E-state index is 0. The maximum atomic E-state index is 5.45. The number of halogens is 1. The number of hydrogen-bond donors (Lipinski definition) is 2. The number of methoxy groups -OCH3 is 2. The summed E-state index contributed by atoms with van der Waals surface area (Å²) in [6.45, 7) is 8.05. The lowest BCUT2D eigenvalue weighted by atomic mass is 10.1. The standard InChI is InChI=1S/C20H34N4O2.HI/c1-4-21-20(23-12-15-24-13-6-5-7-14-24)22-11-10-17-16-18(25-2)8-9-19(17)26-3;/h8-9,16H,4-7,10-15H2,1-3H3,(H2,21,22,23);1H. The number of aliphatic imine (C=N–C) groups is 1. The van der Waals surface area contributed by atoms with Crippen molar-refractivity contribution in [3.05, 3.63) is 23.8 Å². The number of nitrogens with zero attached hydrogens (tertiary/aromatic N) is 2. The maximum absolute atomic E-state index is 5.45. The topological polar surface area (TPSA) is 58.1 Å². The Hall–Kier alpha value is -1.22. The highest BCUT2D eigenvalue weighted by Crippen LogP contribution is 2.24. The number of likely N-dealkylation sites (tertiary alicyclic amines) is 1. The molecule has 0 aliphatic carbocycles. The van der Waals surface area contributed by atoms with Crippen LogP contribution in [0.2, 0.25) is 0 Å². The fourth-order valence-electron chi connectivity index (χ4n) is 3.22. The monoisotopic (exact) mass is 490 g/mol. The van der Waals surface area contributed by atoms with Gasteiger partial charge in [-0.25, -0.2) is 0 Å². The van der Waals surface area contributed by atoms with Gasteiger partial charge < -0.3 is 25.0 Å². The van der Waals surface area contributed by atoms with Gasteiger partial charge in [-0.05, 0) is 63.0 Å². The Labute approximate surface area is 181 Å². The Bertz CT molecular complexity index is 563. The van der Waals surface area contributed by atoms with E-state index < -0.39 is 0 Å². The van der Waals surface area contributed by atoms with E-state index in [1.54, 1.807) is 14.2 Å². The first-order valence-electron chi connectivity index (χ1n) is 9.72. The Kier molecular flexibility index (Phi) is 12.2. The quantitative estimate of drug-likeness (QED) is 0.317. The van der Waals surface area contributed by atoms with Crippen molar-refractivity contribution in [1.82, 2.24) is 15.5 Å². The minimum Gasteiger partial charge on any atom is -0.497 e. The third kappa shape index (κ3) is 8.55. The van der Waals surface area contributed by atoms with Crippen molar-refractivity contribution in [2.24, 2.45) is 4.99 Å². The molecule has 0 saturated carbocycles. The average Bonchev–Trinajstić information content (AvgIpc) is 2.68. The predicted molar refractivity (Wildman–Crippen MR) is 123 cm³/mol. The zero-order valence-electron chi connectivity index (χ0n) is 16.9. The molecular weight excluding hydrogens is 455 g/mol. The molecule has 6 nitrogen and oxygen atoms in total. The number of piperidine rings is 1. The SMILES string of the molecule is CCNC(=NCCN1CCCCC1)NCCc1cc(OC)ccc1OC.I. The summed E-state index contributed by atoms with van der Waals surface area (Å²) in [4.78, 5) is 7.22. The van der Waals surface area contributed by atoms with Gasteiger partial charge in [-0.2, -0.15) is 0 Å². The number of benzene rings is 1. The molecule has 27 heavy (non-hydrogen) atoms. The summed E-state index contributed by atoms with van der Waals surface area (Å²) in [6, 6.07) is 5.90. The molecule has 2 N–H and O–H groups in total. The summed E-state index contributed by atoms with van der Waals surface area (Å²) in [5, 5.41) is 6.74. The van der Waals surface area contributed by atoms with Crippen molar-refractivity contribution < 1.29 is 9.47 Å².